The Kier molecular flexibility index (Phi) is 9.16. The van der Waals surface area contributed by atoms with Crippen LogP contribution in [0.25, 0.3) is 10.9 Å². The molecule has 240 valence electrons. The number of aryl methyl sites for hydroxylation is 1. The maximum absolute atomic E-state index is 14.0. The van der Waals surface area contributed by atoms with Gasteiger partial charge in [-0.05, 0) is 74.2 Å². The Balaban J connectivity index is 1.03. The van der Waals surface area contributed by atoms with Gasteiger partial charge >= 0.3 is 6.03 Å². The lowest BCUT2D eigenvalue weighted by molar-refractivity contribution is -0.153. The monoisotopic (exact) mass is 629 g/mol. The van der Waals surface area contributed by atoms with Crippen LogP contribution < -0.4 is 24.8 Å². The SMILES string of the molecule is COc1cc2c(Oc3ccc(NC(=O)Nc4cc(C)ccc4F)cc3)ncnc2cc1OCCCC(=O)N1CCC2(CC1)COC2. The van der Waals surface area contributed by atoms with Gasteiger partial charge in [0.15, 0.2) is 11.5 Å². The van der Waals surface area contributed by atoms with E-state index in [4.69, 9.17) is 18.9 Å². The highest BCUT2D eigenvalue weighted by Crippen LogP contribution is 2.39. The van der Waals surface area contributed by atoms with E-state index in [9.17, 15) is 14.0 Å². The first-order chi connectivity index (χ1) is 22.3. The molecule has 1 spiro atoms. The lowest BCUT2D eigenvalue weighted by Crippen LogP contribution is -2.52. The first-order valence-electron chi connectivity index (χ1n) is 15.2. The summed E-state index contributed by atoms with van der Waals surface area (Å²) in [5, 5.41) is 5.80. The van der Waals surface area contributed by atoms with E-state index in [2.05, 4.69) is 20.6 Å². The summed E-state index contributed by atoms with van der Waals surface area (Å²) in [6.45, 7) is 5.39. The zero-order valence-electron chi connectivity index (χ0n) is 25.8. The number of halogens is 1. The van der Waals surface area contributed by atoms with Crippen molar-refractivity contribution >= 4 is 34.2 Å². The third-order valence-electron chi connectivity index (χ3n) is 8.37. The number of hydrogen-bond acceptors (Lipinski definition) is 8. The second-order valence-electron chi connectivity index (χ2n) is 11.7. The van der Waals surface area contributed by atoms with Crippen molar-refractivity contribution in [1.82, 2.24) is 14.9 Å². The molecule has 0 unspecified atom stereocenters. The summed E-state index contributed by atoms with van der Waals surface area (Å²) in [6, 6.07) is 14.1. The number of likely N-dealkylation sites (tertiary alicyclic amines) is 1. The van der Waals surface area contributed by atoms with Crippen LogP contribution in [0.1, 0.15) is 31.2 Å². The van der Waals surface area contributed by atoms with Gasteiger partial charge in [0.2, 0.25) is 11.8 Å². The molecule has 2 aliphatic heterocycles. The highest BCUT2D eigenvalue weighted by molar-refractivity contribution is 5.99. The molecule has 3 amide bonds. The number of carbonyl (C=O) groups is 2. The quantitative estimate of drug-likeness (QED) is 0.195. The van der Waals surface area contributed by atoms with Gasteiger partial charge in [0.25, 0.3) is 0 Å². The van der Waals surface area contributed by atoms with E-state index in [0.29, 0.717) is 64.6 Å². The molecule has 11 nitrogen and oxygen atoms in total. The number of carbonyl (C=O) groups excluding carboxylic acids is 2. The molecule has 2 N–H and O–H groups in total. The fraction of sp³-hybridized carbons (Fsp3) is 0.353. The number of hydrogen-bond donors (Lipinski definition) is 2. The molecule has 3 heterocycles. The van der Waals surface area contributed by atoms with Crippen LogP contribution in [0.4, 0.5) is 20.6 Å². The van der Waals surface area contributed by atoms with Crippen molar-refractivity contribution in [2.24, 2.45) is 5.41 Å². The fourth-order valence-electron chi connectivity index (χ4n) is 5.61. The van der Waals surface area contributed by atoms with Crippen LogP contribution in [0.15, 0.2) is 60.9 Å². The first kappa shape index (κ1) is 31.0. The fourth-order valence-corrected chi connectivity index (χ4v) is 5.61. The number of urea groups is 1. The highest BCUT2D eigenvalue weighted by atomic mass is 19.1. The molecular weight excluding hydrogens is 593 g/mol. The highest BCUT2D eigenvalue weighted by Gasteiger charge is 2.41. The van der Waals surface area contributed by atoms with E-state index in [-0.39, 0.29) is 11.6 Å². The second kappa shape index (κ2) is 13.6. The Morgan fingerprint density at radius 3 is 2.50 bits per heavy atom. The van der Waals surface area contributed by atoms with Gasteiger partial charge < -0.3 is 34.5 Å². The normalized spacial score (nSPS) is 15.2. The lowest BCUT2D eigenvalue weighted by Gasteiger charge is -2.47. The van der Waals surface area contributed by atoms with Crippen molar-refractivity contribution in [3.05, 3.63) is 72.3 Å². The van der Waals surface area contributed by atoms with Crippen LogP contribution >= 0.6 is 0 Å². The number of piperidine rings is 1. The minimum Gasteiger partial charge on any atom is -0.493 e. The Labute approximate surface area is 266 Å². The Bertz CT molecular complexity index is 1720. The van der Waals surface area contributed by atoms with E-state index < -0.39 is 11.8 Å². The van der Waals surface area contributed by atoms with Gasteiger partial charge in [0.05, 0.1) is 43.5 Å². The molecule has 1 aromatic heterocycles. The number of nitrogens with zero attached hydrogens (tertiary/aromatic N) is 3. The van der Waals surface area contributed by atoms with E-state index >= 15 is 0 Å². The number of amides is 3. The number of rotatable bonds is 10. The molecule has 0 aliphatic carbocycles. The molecular formula is C34H36FN5O6. The van der Waals surface area contributed by atoms with Crippen molar-refractivity contribution in [3.63, 3.8) is 0 Å². The summed E-state index contributed by atoms with van der Waals surface area (Å²) in [5.41, 5.74) is 2.31. The van der Waals surface area contributed by atoms with Crippen molar-refractivity contribution in [2.75, 3.05) is 50.7 Å². The Morgan fingerprint density at radius 2 is 1.78 bits per heavy atom. The number of anilines is 2. The molecule has 2 fully saturated rings. The van der Waals surface area contributed by atoms with Crippen molar-refractivity contribution in [2.45, 2.75) is 32.6 Å². The van der Waals surface area contributed by atoms with Gasteiger partial charge in [0, 0.05) is 36.7 Å². The molecule has 0 atom stereocenters. The third kappa shape index (κ3) is 7.12. The number of nitrogens with one attached hydrogen (secondary N) is 2. The van der Waals surface area contributed by atoms with Crippen molar-refractivity contribution in [1.29, 1.82) is 0 Å². The van der Waals surface area contributed by atoms with Gasteiger partial charge in [-0.2, -0.15) is 0 Å². The summed E-state index contributed by atoms with van der Waals surface area (Å²) in [4.78, 5) is 35.7. The molecule has 4 aromatic rings. The van der Waals surface area contributed by atoms with Crippen LogP contribution in [0.2, 0.25) is 0 Å². The smallest absolute Gasteiger partial charge is 0.323 e. The first-order valence-corrected chi connectivity index (χ1v) is 15.2. The predicted octanol–water partition coefficient (Wildman–Crippen LogP) is 6.32. The molecule has 3 aromatic carbocycles. The molecule has 0 bridgehead atoms. The molecule has 2 saturated heterocycles. The summed E-state index contributed by atoms with van der Waals surface area (Å²) in [5.74, 6) is 1.42. The zero-order chi connectivity index (χ0) is 32.1. The van der Waals surface area contributed by atoms with Crippen LogP contribution in [0, 0.1) is 18.2 Å². The molecule has 0 radical (unpaired) electrons. The number of fused-ring (bicyclic) bond motifs is 1. The molecule has 12 heteroatoms. The summed E-state index contributed by atoms with van der Waals surface area (Å²) in [7, 11) is 1.55. The minimum absolute atomic E-state index is 0.0954. The van der Waals surface area contributed by atoms with E-state index in [1.807, 2.05) is 11.8 Å². The average Bonchev–Trinajstić information content (AvgIpc) is 3.04. The van der Waals surface area contributed by atoms with Crippen LogP contribution in [0.5, 0.6) is 23.1 Å². The number of ether oxygens (including phenoxy) is 4. The second-order valence-corrected chi connectivity index (χ2v) is 11.7. The van der Waals surface area contributed by atoms with Crippen molar-refractivity contribution in [3.8, 4) is 23.1 Å². The number of benzene rings is 3. The summed E-state index contributed by atoms with van der Waals surface area (Å²) < 4.78 is 37.0. The topological polar surface area (TPSA) is 124 Å². The van der Waals surface area contributed by atoms with Crippen LogP contribution in [-0.4, -0.2) is 66.8 Å². The minimum atomic E-state index is -0.573. The zero-order valence-corrected chi connectivity index (χ0v) is 25.8. The van der Waals surface area contributed by atoms with Gasteiger partial charge in [-0.3, -0.25) is 4.79 Å². The molecule has 6 rings (SSSR count). The Hall–Kier alpha value is -4.97. The van der Waals surface area contributed by atoms with E-state index in [1.165, 1.54) is 12.4 Å². The Morgan fingerprint density at radius 1 is 1.00 bits per heavy atom. The van der Waals surface area contributed by atoms with E-state index in [1.54, 1.807) is 55.6 Å². The van der Waals surface area contributed by atoms with E-state index in [0.717, 1.165) is 44.7 Å². The average molecular weight is 630 g/mol. The third-order valence-corrected chi connectivity index (χ3v) is 8.37. The predicted molar refractivity (Wildman–Crippen MR) is 170 cm³/mol. The van der Waals surface area contributed by atoms with Crippen molar-refractivity contribution < 1.29 is 32.9 Å². The largest absolute Gasteiger partial charge is 0.493 e. The summed E-state index contributed by atoms with van der Waals surface area (Å²) >= 11 is 0. The number of methoxy groups -OCH3 is 1. The maximum Gasteiger partial charge on any atom is 0.323 e. The van der Waals surface area contributed by atoms with Gasteiger partial charge in [-0.15, -0.1) is 0 Å². The lowest BCUT2D eigenvalue weighted by atomic mass is 9.77. The molecule has 46 heavy (non-hydrogen) atoms. The number of aromatic nitrogens is 2. The molecule has 0 saturated carbocycles. The van der Waals surface area contributed by atoms with Gasteiger partial charge in [-0.25, -0.2) is 19.2 Å². The van der Waals surface area contributed by atoms with Crippen LogP contribution in [-0.2, 0) is 9.53 Å². The van der Waals surface area contributed by atoms with Gasteiger partial charge in [-0.1, -0.05) is 6.07 Å². The summed E-state index contributed by atoms with van der Waals surface area (Å²) in [6.07, 6.45) is 4.42. The standard InChI is InChI=1S/C34H36FN5O6/c1-22-5-10-26(35)28(16-22)39-33(42)38-23-6-8-24(9-7-23)46-32-25-17-29(43-2)30(18-27(25)36-21-37-32)45-15-3-4-31(41)40-13-11-34(12-14-40)19-44-20-34/h5-10,16-18,21H,3-4,11-15,19-20H2,1-2H3,(H2,38,39,42). The molecule has 2 aliphatic rings. The maximum atomic E-state index is 14.0. The van der Waals surface area contributed by atoms with Gasteiger partial charge in [0.1, 0.15) is 17.9 Å². The van der Waals surface area contributed by atoms with Crippen LogP contribution in [0.3, 0.4) is 0 Å².